The van der Waals surface area contributed by atoms with Crippen molar-refractivity contribution in [2.75, 3.05) is 19.6 Å². The third-order valence-electron chi connectivity index (χ3n) is 3.98. The number of hydrogen-bond acceptors (Lipinski definition) is 3. The number of hydrogen-bond donors (Lipinski definition) is 1. The van der Waals surface area contributed by atoms with Crippen molar-refractivity contribution < 1.29 is 0 Å². The van der Waals surface area contributed by atoms with Gasteiger partial charge in [0.15, 0.2) is 0 Å². The second-order valence-electron chi connectivity index (χ2n) is 6.64. The van der Waals surface area contributed by atoms with Crippen molar-refractivity contribution in [3.8, 4) is 0 Å². The van der Waals surface area contributed by atoms with Gasteiger partial charge in [0.25, 0.3) is 0 Å². The molecule has 1 aliphatic rings. The van der Waals surface area contributed by atoms with Crippen LogP contribution in [0.5, 0.6) is 0 Å². The molecule has 1 N–H and O–H groups in total. The zero-order chi connectivity index (χ0) is 13.4. The summed E-state index contributed by atoms with van der Waals surface area (Å²) >= 11 is 0. The van der Waals surface area contributed by atoms with Gasteiger partial charge in [0.1, 0.15) is 5.82 Å². The summed E-state index contributed by atoms with van der Waals surface area (Å²) in [6, 6.07) is 0. The second-order valence-corrected chi connectivity index (χ2v) is 6.64. The number of imidazole rings is 1. The maximum absolute atomic E-state index is 4.28. The van der Waals surface area contributed by atoms with E-state index >= 15 is 0 Å². The Bertz CT molecular complexity index is 406. The lowest BCUT2D eigenvalue weighted by Crippen LogP contribution is -2.66. The van der Waals surface area contributed by atoms with E-state index in [0.29, 0.717) is 0 Å². The Balaban J connectivity index is 2.00. The van der Waals surface area contributed by atoms with E-state index in [1.54, 1.807) is 0 Å². The summed E-state index contributed by atoms with van der Waals surface area (Å²) in [4.78, 5) is 6.86. The molecule has 0 radical (unpaired) electrons. The van der Waals surface area contributed by atoms with Crippen molar-refractivity contribution in [3.63, 3.8) is 0 Å². The first kappa shape index (κ1) is 13.6. The smallest absolute Gasteiger partial charge is 0.105 e. The first-order valence-electron chi connectivity index (χ1n) is 6.78. The molecule has 0 saturated carbocycles. The second kappa shape index (κ2) is 4.67. The number of rotatable bonds is 3. The van der Waals surface area contributed by atoms with Crippen LogP contribution in [0.3, 0.4) is 0 Å². The Hall–Kier alpha value is -0.870. The molecule has 18 heavy (non-hydrogen) atoms. The molecule has 1 saturated heterocycles. The predicted octanol–water partition coefficient (Wildman–Crippen LogP) is 1.65. The van der Waals surface area contributed by atoms with Crippen molar-refractivity contribution in [2.24, 2.45) is 0 Å². The van der Waals surface area contributed by atoms with Gasteiger partial charge in [0.05, 0.1) is 0 Å². The molecule has 0 aromatic carbocycles. The Kier molecular flexibility index (Phi) is 3.52. The van der Waals surface area contributed by atoms with Gasteiger partial charge >= 0.3 is 0 Å². The summed E-state index contributed by atoms with van der Waals surface area (Å²) in [6.07, 6.45) is 3.94. The highest BCUT2D eigenvalue weighted by Crippen LogP contribution is 2.23. The van der Waals surface area contributed by atoms with Crippen LogP contribution < -0.4 is 5.32 Å². The van der Waals surface area contributed by atoms with Gasteiger partial charge in [-0.25, -0.2) is 4.98 Å². The topological polar surface area (TPSA) is 33.1 Å². The number of nitrogens with one attached hydrogen (secondary N) is 1. The Morgan fingerprint density at radius 1 is 1.28 bits per heavy atom. The summed E-state index contributed by atoms with van der Waals surface area (Å²) in [5.74, 6) is 1.10. The average molecular weight is 250 g/mol. The van der Waals surface area contributed by atoms with Gasteiger partial charge in [-0.05, 0) is 34.6 Å². The minimum atomic E-state index is 0.208. The van der Waals surface area contributed by atoms with Crippen LogP contribution in [0.25, 0.3) is 0 Å². The van der Waals surface area contributed by atoms with Gasteiger partial charge in [-0.2, -0.15) is 0 Å². The van der Waals surface area contributed by atoms with Gasteiger partial charge in [0.2, 0.25) is 0 Å². The van der Waals surface area contributed by atoms with Crippen molar-refractivity contribution >= 4 is 0 Å². The first-order chi connectivity index (χ1) is 8.30. The zero-order valence-electron chi connectivity index (χ0n) is 12.3. The Labute approximate surface area is 110 Å². The summed E-state index contributed by atoms with van der Waals surface area (Å²) in [7, 11) is 0. The molecule has 0 aliphatic carbocycles. The van der Waals surface area contributed by atoms with E-state index < -0.39 is 0 Å². The monoisotopic (exact) mass is 250 g/mol. The Morgan fingerprint density at radius 2 is 2.00 bits per heavy atom. The van der Waals surface area contributed by atoms with Crippen molar-refractivity contribution in [1.29, 1.82) is 0 Å². The number of aromatic nitrogens is 2. The highest BCUT2D eigenvalue weighted by molar-refractivity contribution is 4.98. The minimum absolute atomic E-state index is 0.208. The van der Waals surface area contributed by atoms with Gasteiger partial charge < -0.3 is 9.88 Å². The molecule has 0 atom stereocenters. The lowest BCUT2D eigenvalue weighted by molar-refractivity contribution is 0.0364. The molecule has 0 bridgehead atoms. The number of nitrogens with zero attached hydrogens (tertiary/aromatic N) is 3. The summed E-state index contributed by atoms with van der Waals surface area (Å²) in [5, 5.41) is 3.62. The molecule has 1 aromatic rings. The van der Waals surface area contributed by atoms with Gasteiger partial charge in [-0.15, -0.1) is 0 Å². The molecule has 1 fully saturated rings. The summed E-state index contributed by atoms with van der Waals surface area (Å²) < 4.78 is 2.23. The van der Waals surface area contributed by atoms with Crippen LogP contribution in [0.1, 0.15) is 33.5 Å². The van der Waals surface area contributed by atoms with E-state index in [1.165, 1.54) is 0 Å². The molecule has 4 heteroatoms. The van der Waals surface area contributed by atoms with Crippen LogP contribution in [0.2, 0.25) is 0 Å². The van der Waals surface area contributed by atoms with Crippen molar-refractivity contribution in [1.82, 2.24) is 19.8 Å². The molecular weight excluding hydrogens is 224 g/mol. The lowest BCUT2D eigenvalue weighted by atomic mass is 9.91. The van der Waals surface area contributed by atoms with Crippen LogP contribution in [0, 0.1) is 6.92 Å². The molecule has 2 heterocycles. The van der Waals surface area contributed by atoms with Gasteiger partial charge in [0, 0.05) is 49.7 Å². The van der Waals surface area contributed by atoms with Gasteiger partial charge in [-0.3, -0.25) is 4.90 Å². The van der Waals surface area contributed by atoms with Gasteiger partial charge in [-0.1, -0.05) is 0 Å². The number of piperazine rings is 1. The molecule has 0 spiro atoms. The van der Waals surface area contributed by atoms with Crippen LogP contribution in [0.4, 0.5) is 0 Å². The highest BCUT2D eigenvalue weighted by Gasteiger charge is 2.37. The molecule has 4 nitrogen and oxygen atoms in total. The summed E-state index contributed by atoms with van der Waals surface area (Å²) in [6.45, 7) is 15.5. The third kappa shape index (κ3) is 2.93. The quantitative estimate of drug-likeness (QED) is 0.885. The lowest BCUT2D eigenvalue weighted by Gasteiger charge is -2.49. The standard InChI is InChI=1S/C14H26N4/c1-12-15-6-7-17(12)8-9-18-11-13(2,3)16-10-14(18,4)5/h6-7,16H,8-11H2,1-5H3. The fraction of sp³-hybridized carbons (Fsp3) is 0.786. The maximum Gasteiger partial charge on any atom is 0.105 e. The molecule has 0 unspecified atom stereocenters. The van der Waals surface area contributed by atoms with Crippen molar-refractivity contribution in [2.45, 2.75) is 52.2 Å². The molecule has 1 aromatic heterocycles. The molecule has 102 valence electrons. The SMILES string of the molecule is Cc1nccn1CCN1CC(C)(C)NCC1(C)C. The van der Waals surface area contributed by atoms with E-state index in [9.17, 15) is 0 Å². The zero-order valence-corrected chi connectivity index (χ0v) is 12.3. The van der Waals surface area contributed by atoms with Crippen molar-refractivity contribution in [3.05, 3.63) is 18.2 Å². The maximum atomic E-state index is 4.28. The molecule has 1 aliphatic heterocycles. The average Bonchev–Trinajstić information content (AvgIpc) is 2.66. The Morgan fingerprint density at radius 3 is 2.61 bits per heavy atom. The molecule has 2 rings (SSSR count). The van der Waals surface area contributed by atoms with Crippen LogP contribution >= 0.6 is 0 Å². The largest absolute Gasteiger partial charge is 0.334 e. The van der Waals surface area contributed by atoms with E-state index in [1.807, 2.05) is 6.20 Å². The normalized spacial score (nSPS) is 23.2. The highest BCUT2D eigenvalue weighted by atomic mass is 15.3. The minimum Gasteiger partial charge on any atom is -0.334 e. The molecule has 0 amide bonds. The number of aryl methyl sites for hydroxylation is 1. The van der Waals surface area contributed by atoms with E-state index in [0.717, 1.165) is 32.0 Å². The van der Waals surface area contributed by atoms with Crippen LogP contribution in [-0.4, -0.2) is 45.2 Å². The van der Waals surface area contributed by atoms with E-state index in [-0.39, 0.29) is 11.1 Å². The predicted molar refractivity (Wildman–Crippen MR) is 74.7 cm³/mol. The fourth-order valence-corrected chi connectivity index (χ4v) is 2.56. The van der Waals surface area contributed by atoms with Crippen LogP contribution in [-0.2, 0) is 6.54 Å². The van der Waals surface area contributed by atoms with Crippen LogP contribution in [0.15, 0.2) is 12.4 Å². The van der Waals surface area contributed by atoms with E-state index in [4.69, 9.17) is 0 Å². The molecular formula is C14H26N4. The third-order valence-corrected chi connectivity index (χ3v) is 3.98. The van der Waals surface area contributed by atoms with E-state index in [2.05, 4.69) is 60.6 Å². The first-order valence-corrected chi connectivity index (χ1v) is 6.78. The fourth-order valence-electron chi connectivity index (χ4n) is 2.56. The summed E-state index contributed by atoms with van der Waals surface area (Å²) in [5.41, 5.74) is 0.434.